The molecule has 4 nitrogen and oxygen atoms in total. The van der Waals surface area contributed by atoms with Gasteiger partial charge in [0.05, 0.1) is 11.6 Å². The van der Waals surface area contributed by atoms with Crippen LogP contribution in [0.25, 0.3) is 0 Å². The summed E-state index contributed by atoms with van der Waals surface area (Å²) >= 11 is 8.27. The van der Waals surface area contributed by atoms with Gasteiger partial charge in [-0.1, -0.05) is 12.2 Å². The van der Waals surface area contributed by atoms with Crippen molar-refractivity contribution in [3.05, 3.63) is 46.6 Å². The number of nitrogens with zero attached hydrogens (tertiary/aromatic N) is 1. The molecule has 1 heterocycles. The molecule has 2 N–H and O–H groups in total. The number of thiocarbonyl (C=S) groups is 1. The van der Waals surface area contributed by atoms with Gasteiger partial charge in [-0.3, -0.25) is 0 Å². The molecule has 98 valence electrons. The fourth-order valence-corrected chi connectivity index (χ4v) is 1.95. The topological polar surface area (TPSA) is 57.4 Å². The third-order valence-electron chi connectivity index (χ3n) is 2.37. The van der Waals surface area contributed by atoms with Gasteiger partial charge in [-0.2, -0.15) is 0 Å². The number of methoxy groups -OCH3 is 1. The number of nitrogens with two attached hydrogens (primary N) is 1. The molecule has 1 aromatic heterocycles. The Morgan fingerprint density at radius 1 is 1.32 bits per heavy atom. The maximum Gasteiger partial charge on any atom is 0.219 e. The first-order chi connectivity index (χ1) is 9.10. The first-order valence-corrected chi connectivity index (χ1v) is 6.57. The van der Waals surface area contributed by atoms with E-state index in [0.717, 1.165) is 10.2 Å². The maximum absolute atomic E-state index is 5.65. The van der Waals surface area contributed by atoms with Gasteiger partial charge < -0.3 is 15.2 Å². The van der Waals surface area contributed by atoms with E-state index in [1.54, 1.807) is 31.5 Å². The van der Waals surface area contributed by atoms with Crippen molar-refractivity contribution in [1.29, 1.82) is 0 Å². The predicted octanol–water partition coefficient (Wildman–Crippen LogP) is 3.28. The predicted molar refractivity (Wildman–Crippen MR) is 80.9 cm³/mol. The lowest BCUT2D eigenvalue weighted by Crippen LogP contribution is -2.09. The van der Waals surface area contributed by atoms with Crippen LogP contribution < -0.4 is 15.2 Å². The van der Waals surface area contributed by atoms with Gasteiger partial charge in [-0.05, 0) is 40.2 Å². The molecule has 0 atom stereocenters. The van der Waals surface area contributed by atoms with E-state index in [1.165, 1.54) is 0 Å². The highest BCUT2D eigenvalue weighted by Gasteiger charge is 2.06. The van der Waals surface area contributed by atoms with Crippen molar-refractivity contribution < 1.29 is 9.47 Å². The molecule has 0 aliphatic heterocycles. The van der Waals surface area contributed by atoms with Gasteiger partial charge in [-0.25, -0.2) is 4.98 Å². The van der Waals surface area contributed by atoms with Crippen molar-refractivity contribution in [1.82, 2.24) is 4.98 Å². The zero-order valence-electron chi connectivity index (χ0n) is 10.1. The van der Waals surface area contributed by atoms with E-state index in [-0.39, 0.29) is 0 Å². The van der Waals surface area contributed by atoms with Crippen molar-refractivity contribution in [3.63, 3.8) is 0 Å². The standard InChI is InChI=1S/C13H11BrN2O2S/c1-17-9-3-4-11(10(14)6-9)18-12-5-2-8(7-16-12)13(15)19/h2-7H,1H3,(H2,15,19). The smallest absolute Gasteiger partial charge is 0.219 e. The summed E-state index contributed by atoms with van der Waals surface area (Å²) in [6, 6.07) is 8.90. The lowest BCUT2D eigenvalue weighted by atomic mass is 10.3. The Hall–Kier alpha value is -1.66. The zero-order chi connectivity index (χ0) is 13.8. The number of hydrogen-bond acceptors (Lipinski definition) is 4. The van der Waals surface area contributed by atoms with Crippen LogP contribution in [-0.2, 0) is 0 Å². The van der Waals surface area contributed by atoms with Crippen molar-refractivity contribution in [2.24, 2.45) is 5.73 Å². The molecule has 2 rings (SSSR count). The fraction of sp³-hybridized carbons (Fsp3) is 0.0769. The van der Waals surface area contributed by atoms with Crippen LogP contribution in [0.4, 0.5) is 0 Å². The highest BCUT2D eigenvalue weighted by atomic mass is 79.9. The molecule has 0 spiro atoms. The highest BCUT2D eigenvalue weighted by Crippen LogP contribution is 2.31. The first-order valence-electron chi connectivity index (χ1n) is 5.37. The van der Waals surface area contributed by atoms with E-state index < -0.39 is 0 Å². The second kappa shape index (κ2) is 5.99. The van der Waals surface area contributed by atoms with Gasteiger partial charge in [0.2, 0.25) is 5.88 Å². The number of pyridine rings is 1. The Balaban J connectivity index is 2.19. The van der Waals surface area contributed by atoms with E-state index in [2.05, 4.69) is 20.9 Å². The summed E-state index contributed by atoms with van der Waals surface area (Å²) < 4.78 is 11.5. The van der Waals surface area contributed by atoms with Crippen LogP contribution in [0.1, 0.15) is 5.56 Å². The summed E-state index contributed by atoms with van der Waals surface area (Å²) in [7, 11) is 1.61. The number of ether oxygens (including phenoxy) is 2. The molecule has 0 aliphatic carbocycles. The fourth-order valence-electron chi connectivity index (χ4n) is 1.39. The molecule has 0 aliphatic rings. The van der Waals surface area contributed by atoms with Crippen LogP contribution in [0.2, 0.25) is 0 Å². The van der Waals surface area contributed by atoms with Crippen LogP contribution in [0.3, 0.4) is 0 Å². The van der Waals surface area contributed by atoms with E-state index in [4.69, 9.17) is 27.4 Å². The molecule has 19 heavy (non-hydrogen) atoms. The summed E-state index contributed by atoms with van der Waals surface area (Å²) in [4.78, 5) is 4.45. The second-order valence-corrected chi connectivity index (χ2v) is 4.94. The number of rotatable bonds is 4. The average Bonchev–Trinajstić information content (AvgIpc) is 2.41. The summed E-state index contributed by atoms with van der Waals surface area (Å²) in [5.74, 6) is 1.86. The second-order valence-electron chi connectivity index (χ2n) is 3.65. The van der Waals surface area contributed by atoms with Crippen LogP contribution in [-0.4, -0.2) is 17.1 Å². The Bertz CT molecular complexity index is 602. The Morgan fingerprint density at radius 2 is 2.11 bits per heavy atom. The number of aromatic nitrogens is 1. The van der Waals surface area contributed by atoms with Gasteiger partial charge in [0.1, 0.15) is 16.5 Å². The molecule has 0 saturated carbocycles. The number of hydrogen-bond donors (Lipinski definition) is 1. The van der Waals surface area contributed by atoms with Gasteiger partial charge in [0.25, 0.3) is 0 Å². The molecule has 2 aromatic rings. The van der Waals surface area contributed by atoms with Gasteiger partial charge in [0.15, 0.2) is 0 Å². The van der Waals surface area contributed by atoms with E-state index in [0.29, 0.717) is 22.2 Å². The molecule has 0 amide bonds. The zero-order valence-corrected chi connectivity index (χ0v) is 12.5. The van der Waals surface area contributed by atoms with Crippen LogP contribution >= 0.6 is 28.1 Å². The molecule has 0 radical (unpaired) electrons. The summed E-state index contributed by atoms with van der Waals surface area (Å²) in [5, 5.41) is 0. The minimum absolute atomic E-state index is 0.310. The molecular weight excluding hydrogens is 328 g/mol. The quantitative estimate of drug-likeness (QED) is 0.867. The SMILES string of the molecule is COc1ccc(Oc2ccc(C(N)=S)cn2)c(Br)c1. The molecule has 6 heteroatoms. The summed E-state index contributed by atoms with van der Waals surface area (Å²) in [5.41, 5.74) is 6.21. The highest BCUT2D eigenvalue weighted by molar-refractivity contribution is 9.10. The van der Waals surface area contributed by atoms with Crippen molar-refractivity contribution in [2.45, 2.75) is 0 Å². The minimum Gasteiger partial charge on any atom is -0.497 e. The molecule has 0 saturated heterocycles. The summed E-state index contributed by atoms with van der Waals surface area (Å²) in [6.07, 6.45) is 1.58. The van der Waals surface area contributed by atoms with Crippen molar-refractivity contribution in [2.75, 3.05) is 7.11 Å². The van der Waals surface area contributed by atoms with Crippen LogP contribution in [0.15, 0.2) is 41.0 Å². The first kappa shape index (κ1) is 13.8. The van der Waals surface area contributed by atoms with Gasteiger partial charge >= 0.3 is 0 Å². The maximum atomic E-state index is 5.65. The molecule has 0 bridgehead atoms. The Labute approximate surface area is 124 Å². The minimum atomic E-state index is 0.310. The Morgan fingerprint density at radius 3 is 2.63 bits per heavy atom. The molecule has 0 fully saturated rings. The Kier molecular flexibility index (Phi) is 4.34. The third-order valence-corrected chi connectivity index (χ3v) is 3.23. The average molecular weight is 339 g/mol. The number of halogens is 1. The van der Waals surface area contributed by atoms with Crippen molar-refractivity contribution >= 4 is 33.1 Å². The lowest BCUT2D eigenvalue weighted by molar-refractivity contribution is 0.411. The van der Waals surface area contributed by atoms with E-state index in [9.17, 15) is 0 Å². The lowest BCUT2D eigenvalue weighted by Gasteiger charge is -2.08. The monoisotopic (exact) mass is 338 g/mol. The molecular formula is C13H11BrN2O2S. The molecule has 1 aromatic carbocycles. The van der Waals surface area contributed by atoms with Gasteiger partial charge in [0, 0.05) is 17.8 Å². The van der Waals surface area contributed by atoms with E-state index >= 15 is 0 Å². The largest absolute Gasteiger partial charge is 0.497 e. The van der Waals surface area contributed by atoms with Crippen LogP contribution in [0.5, 0.6) is 17.4 Å². The normalized spacial score (nSPS) is 10.0. The third kappa shape index (κ3) is 3.42. The van der Waals surface area contributed by atoms with Crippen LogP contribution in [0, 0.1) is 0 Å². The number of benzene rings is 1. The van der Waals surface area contributed by atoms with Crippen molar-refractivity contribution in [3.8, 4) is 17.4 Å². The van der Waals surface area contributed by atoms with E-state index in [1.807, 2.05) is 12.1 Å². The summed E-state index contributed by atoms with van der Waals surface area (Å²) in [6.45, 7) is 0. The molecule has 0 unspecified atom stereocenters. The van der Waals surface area contributed by atoms with Gasteiger partial charge in [-0.15, -0.1) is 0 Å².